The van der Waals surface area contributed by atoms with Gasteiger partial charge < -0.3 is 14.7 Å². The van der Waals surface area contributed by atoms with Crippen LogP contribution in [-0.4, -0.2) is 66.7 Å². The van der Waals surface area contributed by atoms with Gasteiger partial charge in [0.1, 0.15) is 5.75 Å². The highest BCUT2D eigenvalue weighted by molar-refractivity contribution is 6.21. The van der Waals surface area contributed by atoms with Gasteiger partial charge in [-0.1, -0.05) is 0 Å². The first kappa shape index (κ1) is 17.2. The van der Waals surface area contributed by atoms with Gasteiger partial charge in [0, 0.05) is 0 Å². The zero-order valence-corrected chi connectivity index (χ0v) is 14.1. The predicted molar refractivity (Wildman–Crippen MR) is 88.3 cm³/mol. The second-order valence-corrected chi connectivity index (χ2v) is 6.18. The van der Waals surface area contributed by atoms with Crippen LogP contribution in [0.5, 0.6) is 5.75 Å². The number of hydrogen-bond acceptors (Lipinski definition) is 5. The Morgan fingerprint density at radius 1 is 1.24 bits per heavy atom. The molecule has 2 saturated heterocycles. The highest BCUT2D eigenvalue weighted by Crippen LogP contribution is 2.24. The first-order chi connectivity index (χ1) is 12.0. The second kappa shape index (κ2) is 7.10. The molecule has 2 heterocycles. The molecule has 8 heteroatoms. The molecule has 2 aliphatic heterocycles. The SMILES string of the molecule is CCOC(=O)N1CC[NH+]([C@H]2CC(=O)N(c3ccc(O)cc3)C2=O)CC1. The molecule has 3 amide bonds. The molecule has 2 fully saturated rings. The normalized spacial score (nSPS) is 21.7. The molecule has 0 spiro atoms. The van der Waals surface area contributed by atoms with Crippen molar-refractivity contribution in [2.45, 2.75) is 19.4 Å². The molecule has 0 radical (unpaired) electrons. The molecule has 0 bridgehead atoms. The van der Waals surface area contributed by atoms with Gasteiger partial charge in [-0.3, -0.25) is 14.5 Å². The van der Waals surface area contributed by atoms with Crippen LogP contribution in [0.4, 0.5) is 10.5 Å². The number of quaternary nitrogens is 1. The van der Waals surface area contributed by atoms with Crippen LogP contribution >= 0.6 is 0 Å². The first-order valence-electron chi connectivity index (χ1n) is 8.43. The summed E-state index contributed by atoms with van der Waals surface area (Å²) in [5.41, 5.74) is 0.472. The lowest BCUT2D eigenvalue weighted by atomic mass is 10.2. The quantitative estimate of drug-likeness (QED) is 0.711. The Hall–Kier alpha value is -2.61. The van der Waals surface area contributed by atoms with Crippen LogP contribution in [0.3, 0.4) is 0 Å². The molecule has 1 atom stereocenters. The summed E-state index contributed by atoms with van der Waals surface area (Å²) in [6.07, 6.45) is -0.171. The van der Waals surface area contributed by atoms with Gasteiger partial charge in [0.05, 0.1) is 44.9 Å². The van der Waals surface area contributed by atoms with E-state index < -0.39 is 6.04 Å². The highest BCUT2D eigenvalue weighted by atomic mass is 16.6. The zero-order chi connectivity index (χ0) is 18.0. The minimum absolute atomic E-state index is 0.0834. The van der Waals surface area contributed by atoms with Gasteiger partial charge in [0.2, 0.25) is 5.91 Å². The lowest BCUT2D eigenvalue weighted by molar-refractivity contribution is -0.918. The number of aromatic hydroxyl groups is 1. The average Bonchev–Trinajstić information content (AvgIpc) is 2.91. The first-order valence-corrected chi connectivity index (χ1v) is 8.43. The molecule has 3 rings (SSSR count). The molecular weight excluding hydrogens is 326 g/mol. The van der Waals surface area contributed by atoms with Gasteiger partial charge in [-0.2, -0.15) is 0 Å². The Bertz CT molecular complexity index is 667. The summed E-state index contributed by atoms with van der Waals surface area (Å²) in [7, 11) is 0. The molecule has 0 saturated carbocycles. The van der Waals surface area contributed by atoms with Crippen molar-refractivity contribution in [3.63, 3.8) is 0 Å². The van der Waals surface area contributed by atoms with Crippen LogP contribution in [0.25, 0.3) is 0 Å². The molecule has 1 aromatic carbocycles. The van der Waals surface area contributed by atoms with E-state index in [9.17, 15) is 19.5 Å². The summed E-state index contributed by atoms with van der Waals surface area (Å²) < 4.78 is 4.99. The fourth-order valence-electron chi connectivity index (χ4n) is 3.36. The van der Waals surface area contributed by atoms with E-state index in [4.69, 9.17) is 4.74 Å². The van der Waals surface area contributed by atoms with Gasteiger partial charge in [-0.05, 0) is 31.2 Å². The van der Waals surface area contributed by atoms with Crippen molar-refractivity contribution in [2.24, 2.45) is 0 Å². The summed E-state index contributed by atoms with van der Waals surface area (Å²) >= 11 is 0. The van der Waals surface area contributed by atoms with E-state index in [0.717, 1.165) is 4.90 Å². The van der Waals surface area contributed by atoms with Crippen LogP contribution in [0.1, 0.15) is 13.3 Å². The third-order valence-corrected chi connectivity index (χ3v) is 4.68. The molecule has 2 N–H and O–H groups in total. The maximum atomic E-state index is 12.7. The molecule has 134 valence electrons. The largest absolute Gasteiger partial charge is 0.508 e. The number of phenolic OH excluding ortho intramolecular Hbond substituents is 1. The molecule has 0 unspecified atom stereocenters. The van der Waals surface area contributed by atoms with E-state index in [2.05, 4.69) is 0 Å². The number of rotatable bonds is 3. The number of ether oxygens (including phenoxy) is 1. The third kappa shape index (κ3) is 3.43. The Morgan fingerprint density at radius 2 is 1.88 bits per heavy atom. The second-order valence-electron chi connectivity index (χ2n) is 6.18. The summed E-state index contributed by atoms with van der Waals surface area (Å²) in [6, 6.07) is 5.59. The number of hydrogen-bond donors (Lipinski definition) is 2. The smallest absolute Gasteiger partial charge is 0.410 e. The molecule has 25 heavy (non-hydrogen) atoms. The van der Waals surface area contributed by atoms with E-state index in [1.54, 1.807) is 24.0 Å². The van der Waals surface area contributed by atoms with Crippen molar-refractivity contribution < 1.29 is 29.1 Å². The van der Waals surface area contributed by atoms with Gasteiger partial charge in [-0.25, -0.2) is 9.69 Å². The van der Waals surface area contributed by atoms with Crippen LogP contribution < -0.4 is 9.80 Å². The van der Waals surface area contributed by atoms with Gasteiger partial charge in [0.25, 0.3) is 5.91 Å². The topological polar surface area (TPSA) is 91.6 Å². The number of piperazine rings is 1. The summed E-state index contributed by atoms with van der Waals surface area (Å²) in [6.45, 7) is 4.32. The Balaban J connectivity index is 1.65. The van der Waals surface area contributed by atoms with Crippen LogP contribution in [0.15, 0.2) is 24.3 Å². The standard InChI is InChI=1S/C17H21N3O5/c1-2-25-17(24)19-9-7-18(8-10-19)14-11-15(22)20(16(14)23)12-3-5-13(21)6-4-12/h3-6,14,21H,2,7-11H2,1H3/p+1/t14-/m0/s1. The molecular formula is C17H22N3O5+. The molecule has 1 aromatic rings. The molecule has 0 aliphatic carbocycles. The minimum Gasteiger partial charge on any atom is -0.508 e. The summed E-state index contributed by atoms with van der Waals surface area (Å²) in [5, 5.41) is 9.36. The van der Waals surface area contributed by atoms with Crippen molar-refractivity contribution in [2.75, 3.05) is 37.7 Å². The van der Waals surface area contributed by atoms with Gasteiger partial charge >= 0.3 is 6.09 Å². The van der Waals surface area contributed by atoms with E-state index in [-0.39, 0.29) is 30.1 Å². The van der Waals surface area contributed by atoms with Crippen molar-refractivity contribution in [3.8, 4) is 5.75 Å². The number of nitrogens with zero attached hydrogens (tertiary/aromatic N) is 2. The Morgan fingerprint density at radius 3 is 2.48 bits per heavy atom. The fraction of sp³-hybridized carbons (Fsp3) is 0.471. The Kier molecular flexibility index (Phi) is 4.89. The average molecular weight is 348 g/mol. The van der Waals surface area contributed by atoms with Crippen LogP contribution in [-0.2, 0) is 14.3 Å². The highest BCUT2D eigenvalue weighted by Gasteiger charge is 2.46. The Labute approximate surface area is 145 Å². The summed E-state index contributed by atoms with van der Waals surface area (Å²) in [4.78, 5) is 40.6. The van der Waals surface area contributed by atoms with Crippen molar-refractivity contribution >= 4 is 23.6 Å². The van der Waals surface area contributed by atoms with E-state index in [1.165, 1.54) is 17.0 Å². The van der Waals surface area contributed by atoms with Crippen LogP contribution in [0.2, 0.25) is 0 Å². The van der Waals surface area contributed by atoms with E-state index in [0.29, 0.717) is 38.5 Å². The number of amides is 3. The number of benzene rings is 1. The van der Waals surface area contributed by atoms with Gasteiger partial charge in [0.15, 0.2) is 6.04 Å². The fourth-order valence-corrected chi connectivity index (χ4v) is 3.36. The van der Waals surface area contributed by atoms with Crippen molar-refractivity contribution in [3.05, 3.63) is 24.3 Å². The molecule has 8 nitrogen and oxygen atoms in total. The number of carbonyl (C=O) groups excluding carboxylic acids is 3. The number of nitrogens with one attached hydrogen (secondary N) is 1. The maximum Gasteiger partial charge on any atom is 0.410 e. The number of anilines is 1. The molecule has 0 aromatic heterocycles. The van der Waals surface area contributed by atoms with Crippen molar-refractivity contribution in [1.82, 2.24) is 4.90 Å². The minimum atomic E-state index is -0.425. The number of imide groups is 1. The number of carbonyl (C=O) groups is 3. The lowest BCUT2D eigenvalue weighted by Crippen LogP contribution is -3.19. The van der Waals surface area contributed by atoms with E-state index >= 15 is 0 Å². The number of phenols is 1. The lowest BCUT2D eigenvalue weighted by Gasteiger charge is -2.33. The monoisotopic (exact) mass is 348 g/mol. The maximum absolute atomic E-state index is 12.7. The van der Waals surface area contributed by atoms with E-state index in [1.807, 2.05) is 0 Å². The zero-order valence-electron chi connectivity index (χ0n) is 14.1. The van der Waals surface area contributed by atoms with Crippen LogP contribution in [0, 0.1) is 0 Å². The molecule has 2 aliphatic rings. The predicted octanol–water partition coefficient (Wildman–Crippen LogP) is -0.619. The van der Waals surface area contributed by atoms with Gasteiger partial charge in [-0.15, -0.1) is 0 Å². The summed E-state index contributed by atoms with van der Waals surface area (Å²) in [5.74, 6) is -0.378. The third-order valence-electron chi connectivity index (χ3n) is 4.68. The van der Waals surface area contributed by atoms with Crippen molar-refractivity contribution in [1.29, 1.82) is 0 Å².